The van der Waals surface area contributed by atoms with E-state index in [9.17, 15) is 24.5 Å². The second-order valence-corrected chi connectivity index (χ2v) is 9.29. The smallest absolute Gasteiger partial charge is 0.270 e. The van der Waals surface area contributed by atoms with Crippen molar-refractivity contribution in [1.29, 1.82) is 0 Å². The molecule has 10 heteroatoms. The van der Waals surface area contributed by atoms with Gasteiger partial charge in [-0.15, -0.1) is 0 Å². The van der Waals surface area contributed by atoms with E-state index in [-0.39, 0.29) is 30.1 Å². The van der Waals surface area contributed by atoms with Crippen molar-refractivity contribution in [2.75, 3.05) is 44.3 Å². The number of anilines is 1. The van der Waals surface area contributed by atoms with Crippen LogP contribution in [0.5, 0.6) is 0 Å². The number of nitro groups is 1. The van der Waals surface area contributed by atoms with Crippen LogP contribution in [0.15, 0.2) is 48.5 Å². The first-order valence-electron chi connectivity index (χ1n) is 12.1. The molecule has 190 valence electrons. The number of nitrogens with zero attached hydrogens (tertiary/aromatic N) is 4. The molecule has 0 aliphatic carbocycles. The highest BCUT2D eigenvalue weighted by Crippen LogP contribution is 2.28. The summed E-state index contributed by atoms with van der Waals surface area (Å²) in [5.41, 5.74) is 1.44. The number of carbonyl (C=O) groups is 3. The molecule has 2 fully saturated rings. The van der Waals surface area contributed by atoms with Gasteiger partial charge in [-0.25, -0.2) is 4.90 Å². The highest BCUT2D eigenvalue weighted by atomic mass is 16.6. The van der Waals surface area contributed by atoms with E-state index in [0.717, 1.165) is 10.5 Å². The number of hydrogen-bond donors (Lipinski definition) is 0. The van der Waals surface area contributed by atoms with Gasteiger partial charge in [-0.05, 0) is 29.7 Å². The molecule has 2 heterocycles. The van der Waals surface area contributed by atoms with E-state index >= 15 is 0 Å². The molecule has 0 radical (unpaired) electrons. The van der Waals surface area contributed by atoms with Crippen LogP contribution >= 0.6 is 0 Å². The quantitative estimate of drug-likeness (QED) is 0.315. The molecule has 0 saturated carbocycles. The molecule has 4 rings (SSSR count). The Morgan fingerprint density at radius 1 is 1.14 bits per heavy atom. The summed E-state index contributed by atoms with van der Waals surface area (Å²) in [6, 6.07) is 11.7. The maximum absolute atomic E-state index is 13.6. The van der Waals surface area contributed by atoms with Crippen LogP contribution in [0.1, 0.15) is 42.1 Å². The fourth-order valence-corrected chi connectivity index (χ4v) is 4.53. The molecule has 1 atom stereocenters. The Kier molecular flexibility index (Phi) is 7.76. The fraction of sp³-hybridized carbons (Fsp3) is 0.423. The highest BCUT2D eigenvalue weighted by Gasteiger charge is 2.44. The average Bonchev–Trinajstić information content (AvgIpc) is 3.18. The maximum Gasteiger partial charge on any atom is 0.270 e. The molecule has 0 N–H and O–H groups in total. The van der Waals surface area contributed by atoms with Gasteiger partial charge in [-0.1, -0.05) is 32.0 Å². The molecule has 36 heavy (non-hydrogen) atoms. The minimum atomic E-state index is -0.991. The first-order valence-corrected chi connectivity index (χ1v) is 12.1. The van der Waals surface area contributed by atoms with Gasteiger partial charge in [0.1, 0.15) is 6.04 Å². The summed E-state index contributed by atoms with van der Waals surface area (Å²) in [7, 11) is 0. The fourth-order valence-electron chi connectivity index (χ4n) is 4.53. The number of nitro benzene ring substituents is 1. The van der Waals surface area contributed by atoms with Crippen LogP contribution in [-0.4, -0.2) is 77.9 Å². The summed E-state index contributed by atoms with van der Waals surface area (Å²) < 4.78 is 5.38. The third kappa shape index (κ3) is 5.44. The number of non-ortho nitro benzene ring substituents is 1. The summed E-state index contributed by atoms with van der Waals surface area (Å²) >= 11 is 0. The van der Waals surface area contributed by atoms with Crippen molar-refractivity contribution in [3.05, 3.63) is 69.8 Å². The molecule has 2 aliphatic rings. The van der Waals surface area contributed by atoms with Crippen molar-refractivity contribution in [3.8, 4) is 0 Å². The maximum atomic E-state index is 13.6. The molecular weight excluding hydrogens is 464 g/mol. The zero-order valence-corrected chi connectivity index (χ0v) is 20.5. The molecule has 0 spiro atoms. The molecule has 3 amide bonds. The predicted molar refractivity (Wildman–Crippen MR) is 133 cm³/mol. The third-order valence-electron chi connectivity index (χ3n) is 6.64. The summed E-state index contributed by atoms with van der Waals surface area (Å²) in [6.07, 6.45) is -0.144. The Hall–Kier alpha value is -3.63. The second-order valence-electron chi connectivity index (χ2n) is 9.29. The zero-order valence-electron chi connectivity index (χ0n) is 20.5. The van der Waals surface area contributed by atoms with Gasteiger partial charge in [0.2, 0.25) is 5.91 Å². The van der Waals surface area contributed by atoms with Crippen molar-refractivity contribution in [1.82, 2.24) is 9.80 Å². The minimum Gasteiger partial charge on any atom is -0.379 e. The molecule has 2 aromatic carbocycles. The van der Waals surface area contributed by atoms with Gasteiger partial charge in [0.05, 0.1) is 30.2 Å². The van der Waals surface area contributed by atoms with Crippen LogP contribution in [-0.2, 0) is 14.3 Å². The number of benzene rings is 2. The van der Waals surface area contributed by atoms with Crippen molar-refractivity contribution in [2.45, 2.75) is 32.2 Å². The number of ether oxygens (including phenoxy) is 1. The number of carbonyl (C=O) groups excluding carboxylic acids is 3. The van der Waals surface area contributed by atoms with E-state index in [1.807, 2.05) is 12.1 Å². The van der Waals surface area contributed by atoms with Gasteiger partial charge >= 0.3 is 0 Å². The third-order valence-corrected chi connectivity index (χ3v) is 6.64. The predicted octanol–water partition coefficient (Wildman–Crippen LogP) is 2.82. The molecule has 2 aromatic rings. The highest BCUT2D eigenvalue weighted by molar-refractivity contribution is 6.23. The van der Waals surface area contributed by atoms with E-state index in [1.54, 1.807) is 12.1 Å². The van der Waals surface area contributed by atoms with Crippen LogP contribution in [0.25, 0.3) is 0 Å². The van der Waals surface area contributed by atoms with E-state index < -0.39 is 22.8 Å². The lowest BCUT2D eigenvalue weighted by Gasteiger charge is -2.32. The average molecular weight is 495 g/mol. The van der Waals surface area contributed by atoms with Gasteiger partial charge < -0.3 is 9.64 Å². The lowest BCUT2D eigenvalue weighted by atomic mass is 10.0. The first kappa shape index (κ1) is 25.5. The van der Waals surface area contributed by atoms with Crippen LogP contribution in [0.2, 0.25) is 0 Å². The van der Waals surface area contributed by atoms with Gasteiger partial charge in [0, 0.05) is 43.9 Å². The number of morpholine rings is 1. The summed E-state index contributed by atoms with van der Waals surface area (Å²) in [5.74, 6) is -1.07. The zero-order chi connectivity index (χ0) is 25.8. The molecule has 0 aromatic heterocycles. The topological polar surface area (TPSA) is 113 Å². The molecule has 1 unspecified atom stereocenters. The molecule has 2 aliphatic heterocycles. The largest absolute Gasteiger partial charge is 0.379 e. The van der Waals surface area contributed by atoms with Crippen molar-refractivity contribution < 1.29 is 24.0 Å². The number of hydrogen-bond acceptors (Lipinski definition) is 7. The second kappa shape index (κ2) is 11.0. The van der Waals surface area contributed by atoms with Gasteiger partial charge in [0.25, 0.3) is 17.5 Å². The SMILES string of the molecule is CC(C)c1ccc(N2C(=O)CC(N(CCN3CCOCC3)C(=O)c3cccc([N+](=O)[O-])c3)C2=O)cc1. The first-order chi connectivity index (χ1) is 17.3. The number of imide groups is 1. The van der Waals surface area contributed by atoms with Crippen LogP contribution < -0.4 is 4.90 Å². The molecule has 0 bridgehead atoms. The Labute approximate surface area is 209 Å². The van der Waals surface area contributed by atoms with E-state index in [4.69, 9.17) is 4.74 Å². The Morgan fingerprint density at radius 2 is 1.83 bits per heavy atom. The number of amides is 3. The Bertz CT molecular complexity index is 1140. The van der Waals surface area contributed by atoms with Crippen molar-refractivity contribution in [2.24, 2.45) is 0 Å². The van der Waals surface area contributed by atoms with E-state index in [0.29, 0.717) is 44.5 Å². The normalized spacial score (nSPS) is 18.6. The van der Waals surface area contributed by atoms with Crippen LogP contribution in [0, 0.1) is 10.1 Å². The van der Waals surface area contributed by atoms with Gasteiger partial charge in [0.15, 0.2) is 0 Å². The van der Waals surface area contributed by atoms with Gasteiger partial charge in [-0.2, -0.15) is 0 Å². The standard InChI is InChI=1S/C26H30N4O6/c1-18(2)19-6-8-21(9-7-19)29-24(31)17-23(26(29)33)28(11-10-27-12-14-36-15-13-27)25(32)20-4-3-5-22(16-20)30(34)35/h3-9,16,18,23H,10-15,17H2,1-2H3. The van der Waals surface area contributed by atoms with Crippen LogP contribution in [0.4, 0.5) is 11.4 Å². The summed E-state index contributed by atoms with van der Waals surface area (Å²) in [5, 5.41) is 11.3. The summed E-state index contributed by atoms with van der Waals surface area (Å²) in [6.45, 7) is 7.37. The summed E-state index contributed by atoms with van der Waals surface area (Å²) in [4.78, 5) is 55.4. The molecule has 2 saturated heterocycles. The monoisotopic (exact) mass is 494 g/mol. The lowest BCUT2D eigenvalue weighted by Crippen LogP contribution is -2.49. The van der Waals surface area contributed by atoms with Crippen molar-refractivity contribution >= 4 is 29.1 Å². The Balaban J connectivity index is 1.61. The van der Waals surface area contributed by atoms with E-state index in [1.165, 1.54) is 29.2 Å². The van der Waals surface area contributed by atoms with Gasteiger partial charge in [-0.3, -0.25) is 29.4 Å². The molecular formula is C26H30N4O6. The van der Waals surface area contributed by atoms with Crippen molar-refractivity contribution in [3.63, 3.8) is 0 Å². The Morgan fingerprint density at radius 3 is 2.47 bits per heavy atom. The minimum absolute atomic E-state index is 0.103. The number of rotatable bonds is 8. The van der Waals surface area contributed by atoms with Crippen LogP contribution in [0.3, 0.4) is 0 Å². The molecule has 10 nitrogen and oxygen atoms in total. The van der Waals surface area contributed by atoms with E-state index in [2.05, 4.69) is 18.7 Å². The lowest BCUT2D eigenvalue weighted by molar-refractivity contribution is -0.384.